The Morgan fingerprint density at radius 1 is 0.750 bits per heavy atom. The summed E-state index contributed by atoms with van der Waals surface area (Å²) in [6.45, 7) is 2.99. The Morgan fingerprint density at radius 2 is 1.44 bits per heavy atom. The fourth-order valence-corrected chi connectivity index (χ4v) is 6.16. The molecule has 1 atom stereocenters. The number of hydrogen-bond acceptors (Lipinski definition) is 3. The summed E-state index contributed by atoms with van der Waals surface area (Å²) in [7, 11) is 4.07. The van der Waals surface area contributed by atoms with Crippen LogP contribution in [-0.4, -0.2) is 47.5 Å². The van der Waals surface area contributed by atoms with E-state index >= 15 is 0 Å². The van der Waals surface area contributed by atoms with E-state index in [2.05, 4.69) is 64.2 Å². The summed E-state index contributed by atoms with van der Waals surface area (Å²) in [5, 5.41) is 1.09. The predicted octanol–water partition coefficient (Wildman–Crippen LogP) is 8.52. The minimum absolute atomic E-state index is 0.0941. The Balaban J connectivity index is 1.37. The molecular formula is C42H42FN3O2. The van der Waals surface area contributed by atoms with Crippen molar-refractivity contribution in [3.63, 3.8) is 0 Å². The lowest BCUT2D eigenvalue weighted by Gasteiger charge is -2.27. The van der Waals surface area contributed by atoms with E-state index < -0.39 is 0 Å². The fraction of sp³-hybridized carbons (Fsp3) is 0.214. The van der Waals surface area contributed by atoms with E-state index in [-0.39, 0.29) is 17.6 Å². The van der Waals surface area contributed by atoms with Crippen LogP contribution >= 0.6 is 0 Å². The van der Waals surface area contributed by atoms with Crippen LogP contribution in [0.15, 0.2) is 140 Å². The summed E-state index contributed by atoms with van der Waals surface area (Å²) in [5.74, 6) is 0.378. The van der Waals surface area contributed by atoms with Gasteiger partial charge in [-0.25, -0.2) is 4.39 Å². The molecule has 0 radical (unpaired) electrons. The van der Waals surface area contributed by atoms with Gasteiger partial charge in [0.05, 0.1) is 0 Å². The Labute approximate surface area is 282 Å². The van der Waals surface area contributed by atoms with Crippen LogP contribution in [0.25, 0.3) is 10.9 Å². The zero-order valence-corrected chi connectivity index (χ0v) is 27.6. The number of amides is 1. The normalized spacial score (nSPS) is 11.9. The van der Waals surface area contributed by atoms with Crippen molar-refractivity contribution < 1.29 is 13.9 Å². The molecule has 5 nitrogen and oxygen atoms in total. The first-order valence-electron chi connectivity index (χ1n) is 16.5. The summed E-state index contributed by atoms with van der Waals surface area (Å²) in [4.78, 5) is 18.5. The lowest BCUT2D eigenvalue weighted by molar-refractivity contribution is -0.132. The largest absolute Gasteiger partial charge is 0.489 e. The van der Waals surface area contributed by atoms with Crippen LogP contribution in [0.4, 0.5) is 4.39 Å². The molecule has 6 aromatic rings. The zero-order valence-electron chi connectivity index (χ0n) is 27.6. The highest BCUT2D eigenvalue weighted by Crippen LogP contribution is 2.37. The standard InChI is InChI=1S/C42H42FN3O2/c1-44(2)24-25-45(28-32-12-5-3-6-13-32)42(47)27-39(35-16-11-17-37(26-35)48-31-34-14-7-4-8-15-34)40-30-46(41-19-10-9-18-38(40)41)29-33-20-22-36(43)23-21-33/h3-23,26,30,39H,24-25,27-29,31H2,1-2H3. The molecule has 0 bridgehead atoms. The maximum atomic E-state index is 14.4. The first-order chi connectivity index (χ1) is 23.4. The molecule has 1 aromatic heterocycles. The molecule has 6 rings (SSSR count). The van der Waals surface area contributed by atoms with Crippen molar-refractivity contribution in [3.8, 4) is 5.75 Å². The number of nitrogens with zero attached hydrogens (tertiary/aromatic N) is 3. The number of rotatable bonds is 14. The molecule has 0 saturated heterocycles. The minimum atomic E-state index is -0.251. The van der Waals surface area contributed by atoms with Crippen molar-refractivity contribution in [1.82, 2.24) is 14.4 Å². The molecule has 1 unspecified atom stereocenters. The maximum absolute atomic E-state index is 14.4. The van der Waals surface area contributed by atoms with E-state index in [4.69, 9.17) is 4.74 Å². The minimum Gasteiger partial charge on any atom is -0.489 e. The third kappa shape index (κ3) is 8.38. The van der Waals surface area contributed by atoms with Crippen molar-refractivity contribution in [2.75, 3.05) is 27.2 Å². The van der Waals surface area contributed by atoms with Crippen LogP contribution in [0.1, 0.15) is 40.2 Å². The maximum Gasteiger partial charge on any atom is 0.223 e. The number of ether oxygens (including phenoxy) is 1. The van der Waals surface area contributed by atoms with Crippen LogP contribution in [0.3, 0.4) is 0 Å². The molecule has 0 saturated carbocycles. The van der Waals surface area contributed by atoms with Gasteiger partial charge in [-0.2, -0.15) is 0 Å². The van der Waals surface area contributed by atoms with Gasteiger partial charge in [-0.1, -0.05) is 103 Å². The van der Waals surface area contributed by atoms with Crippen LogP contribution in [0, 0.1) is 5.82 Å². The second kappa shape index (κ2) is 15.6. The lowest BCUT2D eigenvalue weighted by atomic mass is 9.87. The van der Waals surface area contributed by atoms with Crippen molar-refractivity contribution in [3.05, 3.63) is 173 Å². The van der Waals surface area contributed by atoms with Gasteiger partial charge in [-0.3, -0.25) is 4.79 Å². The number of hydrogen-bond donors (Lipinski definition) is 0. The van der Waals surface area contributed by atoms with Gasteiger partial charge in [0, 0.05) is 55.6 Å². The van der Waals surface area contributed by atoms with E-state index in [1.54, 1.807) is 0 Å². The molecule has 0 aliphatic rings. The van der Waals surface area contributed by atoms with Crippen molar-refractivity contribution >= 4 is 16.8 Å². The predicted molar refractivity (Wildman–Crippen MR) is 192 cm³/mol. The molecule has 0 aliphatic heterocycles. The van der Waals surface area contributed by atoms with Crippen LogP contribution in [0.2, 0.25) is 0 Å². The SMILES string of the molecule is CN(C)CCN(Cc1ccccc1)C(=O)CC(c1cccc(OCc2ccccc2)c1)c1cn(Cc2ccc(F)cc2)c2ccccc12. The summed E-state index contributed by atoms with van der Waals surface area (Å²) >= 11 is 0. The van der Waals surface area contributed by atoms with Gasteiger partial charge in [0.1, 0.15) is 18.2 Å². The van der Waals surface area contributed by atoms with Gasteiger partial charge in [-0.15, -0.1) is 0 Å². The van der Waals surface area contributed by atoms with Crippen molar-refractivity contribution in [2.24, 2.45) is 0 Å². The van der Waals surface area contributed by atoms with Gasteiger partial charge in [0.2, 0.25) is 5.91 Å². The van der Waals surface area contributed by atoms with Gasteiger partial charge in [0.15, 0.2) is 0 Å². The molecule has 6 heteroatoms. The van der Waals surface area contributed by atoms with Crippen molar-refractivity contribution in [1.29, 1.82) is 0 Å². The van der Waals surface area contributed by atoms with Crippen molar-refractivity contribution in [2.45, 2.75) is 32.0 Å². The number of para-hydroxylation sites is 1. The summed E-state index contributed by atoms with van der Waals surface area (Å²) in [6.07, 6.45) is 2.47. The highest BCUT2D eigenvalue weighted by molar-refractivity contribution is 5.87. The molecule has 0 fully saturated rings. The highest BCUT2D eigenvalue weighted by atomic mass is 19.1. The number of halogens is 1. The smallest absolute Gasteiger partial charge is 0.223 e. The lowest BCUT2D eigenvalue weighted by Crippen LogP contribution is -2.37. The van der Waals surface area contributed by atoms with E-state index in [0.29, 0.717) is 32.7 Å². The molecule has 48 heavy (non-hydrogen) atoms. The molecule has 0 aliphatic carbocycles. The third-order valence-corrected chi connectivity index (χ3v) is 8.73. The average molecular weight is 640 g/mol. The van der Waals surface area contributed by atoms with Crippen LogP contribution in [-0.2, 0) is 24.5 Å². The van der Waals surface area contributed by atoms with E-state index in [1.807, 2.05) is 91.8 Å². The van der Waals surface area contributed by atoms with E-state index in [0.717, 1.165) is 51.0 Å². The van der Waals surface area contributed by atoms with Gasteiger partial charge in [-0.05, 0) is 72.2 Å². The number of carbonyl (C=O) groups is 1. The van der Waals surface area contributed by atoms with Crippen LogP contribution < -0.4 is 4.74 Å². The Morgan fingerprint density at radius 3 is 2.17 bits per heavy atom. The first kappa shape index (κ1) is 32.7. The average Bonchev–Trinajstić information content (AvgIpc) is 3.47. The second-order valence-corrected chi connectivity index (χ2v) is 12.6. The van der Waals surface area contributed by atoms with Gasteiger partial charge < -0.3 is 19.1 Å². The topological polar surface area (TPSA) is 37.7 Å². The number of likely N-dealkylation sites (N-methyl/N-ethyl adjacent to an activating group) is 1. The molecule has 1 heterocycles. The van der Waals surface area contributed by atoms with E-state index in [9.17, 15) is 9.18 Å². The highest BCUT2D eigenvalue weighted by Gasteiger charge is 2.26. The molecule has 5 aromatic carbocycles. The summed E-state index contributed by atoms with van der Waals surface area (Å²) in [6, 6.07) is 43.4. The monoisotopic (exact) mass is 639 g/mol. The number of fused-ring (bicyclic) bond motifs is 1. The fourth-order valence-electron chi connectivity index (χ4n) is 6.16. The van der Waals surface area contributed by atoms with Gasteiger partial charge >= 0.3 is 0 Å². The number of carbonyl (C=O) groups excluding carboxylic acids is 1. The molecule has 0 spiro atoms. The Kier molecular flexibility index (Phi) is 10.6. The summed E-state index contributed by atoms with van der Waals surface area (Å²) in [5.41, 5.74) is 6.37. The molecule has 244 valence electrons. The Bertz CT molecular complexity index is 1920. The first-order valence-corrected chi connectivity index (χ1v) is 16.5. The number of aromatic nitrogens is 1. The molecule has 0 N–H and O–H groups in total. The quantitative estimate of drug-likeness (QED) is 0.120. The second-order valence-electron chi connectivity index (χ2n) is 12.6. The summed E-state index contributed by atoms with van der Waals surface area (Å²) < 4.78 is 22.2. The van der Waals surface area contributed by atoms with Gasteiger partial charge in [0.25, 0.3) is 0 Å². The van der Waals surface area contributed by atoms with Crippen LogP contribution in [0.5, 0.6) is 5.75 Å². The third-order valence-electron chi connectivity index (χ3n) is 8.73. The molecular weight excluding hydrogens is 597 g/mol. The molecule has 1 amide bonds. The Hall–Kier alpha value is -5.20. The number of benzene rings is 5. The van der Waals surface area contributed by atoms with E-state index in [1.165, 1.54) is 12.1 Å². The zero-order chi connectivity index (χ0) is 33.3.